The van der Waals surface area contributed by atoms with E-state index in [-0.39, 0.29) is 21.2 Å². The molecule has 0 fully saturated rings. The lowest BCUT2D eigenvalue weighted by Crippen LogP contribution is -3.61. The first-order valence-corrected chi connectivity index (χ1v) is 9.23. The van der Waals surface area contributed by atoms with E-state index in [0.29, 0.717) is 0 Å². The van der Waals surface area contributed by atoms with Crippen molar-refractivity contribution in [3.05, 3.63) is 66.8 Å². The van der Waals surface area contributed by atoms with E-state index < -0.39 is 10.4 Å². The summed E-state index contributed by atoms with van der Waals surface area (Å²) in [5, 5.41) is 0. The molecular formula is C14H15IO4S. The summed E-state index contributed by atoms with van der Waals surface area (Å²) in [6.45, 7) is 4.36. The van der Waals surface area contributed by atoms with Crippen LogP contribution in [-0.2, 0) is 10.4 Å². The minimum absolute atomic E-state index is 0.00580. The topological polar surface area (TPSA) is 77.4 Å². The van der Waals surface area contributed by atoms with E-state index in [1.807, 2.05) is 0 Å². The molecule has 0 bridgehead atoms. The van der Waals surface area contributed by atoms with Gasteiger partial charge in [-0.2, -0.15) is 0 Å². The van der Waals surface area contributed by atoms with Crippen molar-refractivity contribution in [3.63, 3.8) is 0 Å². The molecular weight excluding hydrogens is 391 g/mol. The van der Waals surface area contributed by atoms with Crippen LogP contribution in [0.25, 0.3) is 0 Å². The van der Waals surface area contributed by atoms with Crippen molar-refractivity contribution in [1.82, 2.24) is 0 Å². The molecule has 1 N–H and O–H groups in total. The standard InChI is InChI=1S/C14H14I.H2O4S/c1-11-8-9-14(12(2)10-11)15-13-6-4-3-5-7-13;1-5(2,3)4/h3-10H,1-2H3;(H2,1,2,3,4)/q+1;/p-1. The average molecular weight is 406 g/mol. The molecule has 0 unspecified atom stereocenters. The van der Waals surface area contributed by atoms with Gasteiger partial charge in [-0.1, -0.05) is 35.9 Å². The van der Waals surface area contributed by atoms with Crippen LogP contribution in [0.4, 0.5) is 0 Å². The molecule has 0 aromatic heterocycles. The molecule has 0 spiro atoms. The Morgan fingerprint density at radius 2 is 1.60 bits per heavy atom. The summed E-state index contributed by atoms with van der Waals surface area (Å²) in [6.07, 6.45) is 0. The molecule has 0 aliphatic rings. The molecule has 0 saturated carbocycles. The fourth-order valence-electron chi connectivity index (χ4n) is 1.50. The van der Waals surface area contributed by atoms with Crippen LogP contribution in [0.15, 0.2) is 48.5 Å². The SMILES string of the molecule is Cc1ccc([I+]c2ccccc2)c(C)c1.O=S(=O)([O-])O. The molecule has 0 heterocycles. The zero-order chi connectivity index (χ0) is 15.2. The van der Waals surface area contributed by atoms with E-state index in [2.05, 4.69) is 62.4 Å². The first-order chi connectivity index (χ1) is 9.25. The second-order valence-corrected chi connectivity index (χ2v) is 7.87. The van der Waals surface area contributed by atoms with Gasteiger partial charge in [0, 0.05) is 5.56 Å². The highest BCUT2D eigenvalue weighted by Crippen LogP contribution is 2.01. The second-order valence-electron chi connectivity index (χ2n) is 4.07. The Bertz CT molecular complexity index is 646. The summed E-state index contributed by atoms with van der Waals surface area (Å²) in [6, 6.07) is 17.6. The van der Waals surface area contributed by atoms with Gasteiger partial charge in [0.2, 0.25) is 10.4 Å². The number of halogens is 1. The number of hydrogen-bond donors (Lipinski definition) is 1. The van der Waals surface area contributed by atoms with E-state index >= 15 is 0 Å². The van der Waals surface area contributed by atoms with E-state index in [9.17, 15) is 0 Å². The predicted molar refractivity (Wildman–Crippen MR) is 72.1 cm³/mol. The number of aryl methyl sites for hydroxylation is 2. The van der Waals surface area contributed by atoms with Crippen molar-refractivity contribution in [2.45, 2.75) is 13.8 Å². The van der Waals surface area contributed by atoms with Crippen molar-refractivity contribution >= 4 is 10.4 Å². The fraction of sp³-hybridized carbons (Fsp3) is 0.143. The first-order valence-electron chi connectivity index (χ1n) is 5.71. The third kappa shape index (κ3) is 7.59. The Balaban J connectivity index is 0.000000347. The van der Waals surface area contributed by atoms with Crippen molar-refractivity contribution in [1.29, 1.82) is 0 Å². The summed E-state index contributed by atoms with van der Waals surface area (Å²) in [5.41, 5.74) is 2.79. The van der Waals surface area contributed by atoms with Gasteiger partial charge < -0.3 is 4.55 Å². The lowest BCUT2D eigenvalue weighted by Gasteiger charge is -1.95. The van der Waals surface area contributed by atoms with Crippen molar-refractivity contribution in [2.75, 3.05) is 0 Å². The van der Waals surface area contributed by atoms with Crippen LogP contribution in [-0.4, -0.2) is 17.5 Å². The van der Waals surface area contributed by atoms with Crippen LogP contribution in [0, 0.1) is 21.0 Å². The van der Waals surface area contributed by atoms with Crippen LogP contribution >= 0.6 is 0 Å². The molecule has 0 amide bonds. The lowest BCUT2D eigenvalue weighted by atomic mass is 10.2. The molecule has 20 heavy (non-hydrogen) atoms. The number of rotatable bonds is 2. The maximum absolute atomic E-state index is 8.63. The molecule has 2 rings (SSSR count). The van der Waals surface area contributed by atoms with Gasteiger partial charge >= 0.3 is 21.2 Å². The van der Waals surface area contributed by atoms with Gasteiger partial charge in [-0.05, 0) is 32.0 Å². The molecule has 0 aliphatic carbocycles. The Labute approximate surface area is 129 Å². The second kappa shape index (κ2) is 7.72. The molecule has 0 saturated heterocycles. The van der Waals surface area contributed by atoms with E-state index in [1.165, 1.54) is 18.3 Å². The van der Waals surface area contributed by atoms with Crippen molar-refractivity contribution in [3.8, 4) is 0 Å². The molecule has 0 atom stereocenters. The maximum atomic E-state index is 8.63. The summed E-state index contributed by atoms with van der Waals surface area (Å²) >= 11 is -0.00580. The molecule has 4 nitrogen and oxygen atoms in total. The minimum atomic E-state index is -4.92. The molecule has 0 radical (unpaired) electrons. The van der Waals surface area contributed by atoms with Crippen molar-refractivity contribution < 1.29 is 38.7 Å². The van der Waals surface area contributed by atoms with Gasteiger partial charge in [-0.3, -0.25) is 4.55 Å². The molecule has 108 valence electrons. The van der Waals surface area contributed by atoms with Gasteiger partial charge in [-0.15, -0.1) is 0 Å². The Hall–Kier alpha value is -0.960. The van der Waals surface area contributed by atoms with E-state index in [4.69, 9.17) is 17.5 Å². The van der Waals surface area contributed by atoms with Crippen LogP contribution < -0.4 is 21.2 Å². The summed E-state index contributed by atoms with van der Waals surface area (Å²) in [5.74, 6) is 0. The quantitative estimate of drug-likeness (QED) is 0.412. The highest BCUT2D eigenvalue weighted by Gasteiger charge is 2.16. The predicted octanol–water partition coefficient (Wildman–Crippen LogP) is -0.564. The maximum Gasteiger partial charge on any atom is 0.358 e. The van der Waals surface area contributed by atoms with E-state index in [0.717, 1.165) is 0 Å². The first kappa shape index (κ1) is 17.1. The Morgan fingerprint density at radius 3 is 2.10 bits per heavy atom. The largest absolute Gasteiger partial charge is 0.726 e. The molecule has 6 heteroatoms. The normalized spacial score (nSPS) is 10.6. The highest BCUT2D eigenvalue weighted by molar-refractivity contribution is 7.79. The third-order valence-electron chi connectivity index (χ3n) is 2.26. The zero-order valence-electron chi connectivity index (χ0n) is 11.1. The average Bonchev–Trinajstić information content (AvgIpc) is 2.32. The Kier molecular flexibility index (Phi) is 6.60. The van der Waals surface area contributed by atoms with Crippen LogP contribution in [0.5, 0.6) is 0 Å². The number of hydrogen-bond acceptors (Lipinski definition) is 3. The van der Waals surface area contributed by atoms with Crippen LogP contribution in [0.1, 0.15) is 11.1 Å². The fourth-order valence-corrected chi connectivity index (χ4v) is 3.88. The highest BCUT2D eigenvalue weighted by atomic mass is 127. The summed E-state index contributed by atoms with van der Waals surface area (Å²) in [7, 11) is -4.92. The monoisotopic (exact) mass is 406 g/mol. The van der Waals surface area contributed by atoms with Gasteiger partial charge in [0.05, 0.1) is 0 Å². The Morgan fingerprint density at radius 1 is 1.05 bits per heavy atom. The summed E-state index contributed by atoms with van der Waals surface area (Å²) in [4.78, 5) is 0. The van der Waals surface area contributed by atoms with E-state index in [1.54, 1.807) is 0 Å². The van der Waals surface area contributed by atoms with Gasteiger partial charge in [0.15, 0.2) is 7.14 Å². The lowest BCUT2D eigenvalue weighted by molar-refractivity contribution is -0.598. The van der Waals surface area contributed by atoms with Crippen LogP contribution in [0.3, 0.4) is 0 Å². The summed E-state index contributed by atoms with van der Waals surface area (Å²) < 4.78 is 35.9. The molecule has 2 aromatic rings. The van der Waals surface area contributed by atoms with Crippen LogP contribution in [0.2, 0.25) is 0 Å². The number of benzene rings is 2. The molecule has 2 aromatic carbocycles. The van der Waals surface area contributed by atoms with Gasteiger partial charge in [0.25, 0.3) is 0 Å². The van der Waals surface area contributed by atoms with Crippen molar-refractivity contribution in [2.24, 2.45) is 0 Å². The smallest absolute Gasteiger partial charge is 0.358 e. The minimum Gasteiger partial charge on any atom is -0.726 e. The third-order valence-corrected chi connectivity index (χ3v) is 5.39. The zero-order valence-corrected chi connectivity index (χ0v) is 14.1. The van der Waals surface area contributed by atoms with Gasteiger partial charge in [-0.25, -0.2) is 8.42 Å². The molecule has 0 aliphatic heterocycles. The van der Waals surface area contributed by atoms with Gasteiger partial charge in [0.1, 0.15) is 0 Å².